The van der Waals surface area contributed by atoms with E-state index in [0.29, 0.717) is 28.6 Å². The second-order valence-corrected chi connectivity index (χ2v) is 10.5. The van der Waals surface area contributed by atoms with Gasteiger partial charge in [-0.2, -0.15) is 8.42 Å². The van der Waals surface area contributed by atoms with Crippen LogP contribution in [0.3, 0.4) is 0 Å². The number of hydrogen-bond donors (Lipinski definition) is 0. The molecule has 0 radical (unpaired) electrons. The summed E-state index contributed by atoms with van der Waals surface area (Å²) in [4.78, 5) is 23.7. The SMILES string of the molecule is CC(=O)N1CCC(c2nc(C3=NOC(c4c(Cl)cccc4OS(C)(=O)=O)C3)cs2)CC1. The van der Waals surface area contributed by atoms with Gasteiger partial charge in [-0.1, -0.05) is 22.8 Å². The van der Waals surface area contributed by atoms with E-state index in [-0.39, 0.29) is 11.7 Å². The van der Waals surface area contributed by atoms with Crippen molar-refractivity contribution < 1.29 is 22.2 Å². The summed E-state index contributed by atoms with van der Waals surface area (Å²) >= 11 is 7.91. The first-order chi connectivity index (χ1) is 14.7. The third-order valence-electron chi connectivity index (χ3n) is 5.35. The van der Waals surface area contributed by atoms with Crippen LogP contribution < -0.4 is 4.18 Å². The minimum atomic E-state index is -3.72. The standard InChI is InChI=1S/C20H22ClN3O5S2/c1-12(25)24-8-6-13(7-9-24)20-22-16(11-30-20)15-10-18(28-23-15)19-14(21)4-3-5-17(19)29-31(2,26)27/h3-5,11,13,18H,6-10H2,1-2H3. The van der Waals surface area contributed by atoms with Gasteiger partial charge in [0.1, 0.15) is 5.71 Å². The lowest BCUT2D eigenvalue weighted by Crippen LogP contribution is -2.36. The number of amides is 1. The molecule has 0 aliphatic carbocycles. The van der Waals surface area contributed by atoms with Gasteiger partial charge in [0, 0.05) is 37.7 Å². The Morgan fingerprint density at radius 3 is 2.74 bits per heavy atom. The van der Waals surface area contributed by atoms with Crippen LogP contribution in [0.15, 0.2) is 28.7 Å². The van der Waals surface area contributed by atoms with Gasteiger partial charge in [-0.3, -0.25) is 4.79 Å². The molecule has 1 atom stereocenters. The monoisotopic (exact) mass is 483 g/mol. The van der Waals surface area contributed by atoms with Gasteiger partial charge in [0.25, 0.3) is 0 Å². The Labute approximate surface area is 189 Å². The van der Waals surface area contributed by atoms with Crippen molar-refractivity contribution in [2.45, 2.75) is 38.2 Å². The molecule has 2 aliphatic heterocycles. The van der Waals surface area contributed by atoms with Crippen molar-refractivity contribution in [3.05, 3.63) is 44.9 Å². The van der Waals surface area contributed by atoms with Crippen molar-refractivity contribution in [3.8, 4) is 5.75 Å². The molecule has 8 nitrogen and oxygen atoms in total. The third-order valence-corrected chi connectivity index (χ3v) is 7.17. The Morgan fingerprint density at radius 1 is 1.32 bits per heavy atom. The first-order valence-electron chi connectivity index (χ1n) is 9.83. The van der Waals surface area contributed by atoms with Crippen LogP contribution >= 0.6 is 22.9 Å². The quantitative estimate of drug-likeness (QED) is 0.601. The van der Waals surface area contributed by atoms with Gasteiger partial charge in [0.05, 0.1) is 27.5 Å². The first kappa shape index (κ1) is 22.0. The van der Waals surface area contributed by atoms with Crippen molar-refractivity contribution in [1.82, 2.24) is 9.88 Å². The molecule has 1 aromatic heterocycles. The van der Waals surface area contributed by atoms with Crippen LogP contribution in [0.25, 0.3) is 0 Å². The minimum absolute atomic E-state index is 0.112. The van der Waals surface area contributed by atoms with Gasteiger partial charge in [-0.15, -0.1) is 11.3 Å². The fourth-order valence-corrected chi connectivity index (χ4v) is 5.56. The number of nitrogens with zero attached hydrogens (tertiary/aromatic N) is 3. The summed E-state index contributed by atoms with van der Waals surface area (Å²) in [7, 11) is -3.72. The number of benzene rings is 1. The van der Waals surface area contributed by atoms with Crippen molar-refractivity contribution in [1.29, 1.82) is 0 Å². The number of aromatic nitrogens is 1. The number of likely N-dealkylation sites (tertiary alicyclic amines) is 1. The van der Waals surface area contributed by atoms with Crippen molar-refractivity contribution in [2.75, 3.05) is 19.3 Å². The van der Waals surface area contributed by atoms with Crippen LogP contribution in [0.4, 0.5) is 0 Å². The molecule has 1 fully saturated rings. The molecule has 4 rings (SSSR count). The topological polar surface area (TPSA) is 98.2 Å². The van der Waals surface area contributed by atoms with Gasteiger partial charge in [0.2, 0.25) is 5.91 Å². The number of carbonyl (C=O) groups is 1. The van der Waals surface area contributed by atoms with E-state index in [1.54, 1.807) is 30.4 Å². The van der Waals surface area contributed by atoms with E-state index in [4.69, 9.17) is 25.6 Å². The predicted octanol–water partition coefficient (Wildman–Crippen LogP) is 3.73. The Hall–Kier alpha value is -2.17. The molecule has 2 aliphatic rings. The van der Waals surface area contributed by atoms with Crippen LogP contribution in [-0.2, 0) is 19.8 Å². The van der Waals surface area contributed by atoms with E-state index >= 15 is 0 Å². The molecule has 0 spiro atoms. The maximum atomic E-state index is 11.6. The highest BCUT2D eigenvalue weighted by Crippen LogP contribution is 2.40. The minimum Gasteiger partial charge on any atom is -0.387 e. The van der Waals surface area contributed by atoms with E-state index in [2.05, 4.69) is 5.16 Å². The lowest BCUT2D eigenvalue weighted by molar-refractivity contribution is -0.129. The van der Waals surface area contributed by atoms with Crippen LogP contribution in [0.2, 0.25) is 5.02 Å². The second kappa shape index (κ2) is 8.76. The Kier molecular flexibility index (Phi) is 6.23. The highest BCUT2D eigenvalue weighted by molar-refractivity contribution is 7.86. The molecule has 31 heavy (non-hydrogen) atoms. The largest absolute Gasteiger partial charge is 0.387 e. The summed E-state index contributed by atoms with van der Waals surface area (Å²) in [5.41, 5.74) is 1.87. The molecule has 1 unspecified atom stereocenters. The lowest BCUT2D eigenvalue weighted by atomic mass is 9.97. The van der Waals surface area contributed by atoms with Crippen LogP contribution in [-0.4, -0.2) is 49.3 Å². The van der Waals surface area contributed by atoms with Gasteiger partial charge >= 0.3 is 10.1 Å². The molecular weight excluding hydrogens is 462 g/mol. The Bertz CT molecular complexity index is 1120. The maximum Gasteiger partial charge on any atom is 0.306 e. The summed E-state index contributed by atoms with van der Waals surface area (Å²) in [5, 5.41) is 7.51. The molecule has 1 amide bonds. The smallest absolute Gasteiger partial charge is 0.306 e. The third kappa shape index (κ3) is 5.02. The highest BCUT2D eigenvalue weighted by atomic mass is 35.5. The summed E-state index contributed by atoms with van der Waals surface area (Å²) < 4.78 is 28.3. The molecule has 0 bridgehead atoms. The molecule has 3 heterocycles. The number of carbonyl (C=O) groups excluding carboxylic acids is 1. The van der Waals surface area contributed by atoms with E-state index in [1.165, 1.54) is 6.07 Å². The average Bonchev–Trinajstić information content (AvgIpc) is 3.36. The molecule has 0 N–H and O–H groups in total. The number of hydrogen-bond acceptors (Lipinski definition) is 8. The fourth-order valence-electron chi connectivity index (χ4n) is 3.80. The van der Waals surface area contributed by atoms with Crippen molar-refractivity contribution in [2.24, 2.45) is 5.16 Å². The van der Waals surface area contributed by atoms with Crippen LogP contribution in [0, 0.1) is 0 Å². The lowest BCUT2D eigenvalue weighted by Gasteiger charge is -2.30. The van der Waals surface area contributed by atoms with E-state index in [0.717, 1.165) is 42.9 Å². The summed E-state index contributed by atoms with van der Waals surface area (Å²) in [6.07, 6.45) is 2.60. The molecule has 2 aromatic rings. The molecule has 1 aromatic carbocycles. The maximum absolute atomic E-state index is 11.6. The zero-order valence-electron chi connectivity index (χ0n) is 17.1. The number of oxime groups is 1. The van der Waals surface area contributed by atoms with Crippen molar-refractivity contribution >= 4 is 44.7 Å². The summed E-state index contributed by atoms with van der Waals surface area (Å²) in [6.45, 7) is 3.09. The molecular formula is C20H22ClN3O5S2. The summed E-state index contributed by atoms with van der Waals surface area (Å²) in [5.74, 6) is 0.569. The van der Waals surface area contributed by atoms with Gasteiger partial charge in [-0.25, -0.2) is 4.98 Å². The van der Waals surface area contributed by atoms with E-state index < -0.39 is 16.2 Å². The van der Waals surface area contributed by atoms with E-state index in [9.17, 15) is 13.2 Å². The zero-order valence-corrected chi connectivity index (χ0v) is 19.5. The van der Waals surface area contributed by atoms with E-state index in [1.807, 2.05) is 10.3 Å². The predicted molar refractivity (Wildman–Crippen MR) is 118 cm³/mol. The number of halogens is 1. The Morgan fingerprint density at radius 2 is 2.06 bits per heavy atom. The molecule has 166 valence electrons. The highest BCUT2D eigenvalue weighted by Gasteiger charge is 2.31. The van der Waals surface area contributed by atoms with Gasteiger partial charge in [0.15, 0.2) is 11.9 Å². The molecule has 11 heteroatoms. The zero-order chi connectivity index (χ0) is 22.2. The Balaban J connectivity index is 1.47. The first-order valence-corrected chi connectivity index (χ1v) is 12.9. The van der Waals surface area contributed by atoms with Crippen LogP contribution in [0.1, 0.15) is 54.5 Å². The number of rotatable bonds is 5. The average molecular weight is 484 g/mol. The summed E-state index contributed by atoms with van der Waals surface area (Å²) in [6, 6.07) is 4.81. The van der Waals surface area contributed by atoms with Gasteiger partial charge < -0.3 is 13.9 Å². The normalized spacial score (nSPS) is 19.8. The van der Waals surface area contributed by atoms with Gasteiger partial charge in [-0.05, 0) is 25.0 Å². The number of piperidine rings is 1. The van der Waals surface area contributed by atoms with Crippen LogP contribution in [0.5, 0.6) is 5.75 Å². The molecule has 0 saturated carbocycles. The fraction of sp³-hybridized carbons (Fsp3) is 0.450. The molecule has 1 saturated heterocycles. The van der Waals surface area contributed by atoms with Crippen molar-refractivity contribution in [3.63, 3.8) is 0 Å². The second-order valence-electron chi connectivity index (χ2n) is 7.63. The number of thiazole rings is 1.